The van der Waals surface area contributed by atoms with Crippen LogP contribution in [0.15, 0.2) is 30.3 Å². The second-order valence-corrected chi connectivity index (χ2v) is 6.64. The molecule has 1 heterocycles. The number of nitrogens with one attached hydrogen (secondary N) is 1. The molecule has 2 aliphatic rings. The summed E-state index contributed by atoms with van der Waals surface area (Å²) in [5, 5.41) is 13.2. The Hall–Kier alpha value is -1.06. The van der Waals surface area contributed by atoms with Crippen molar-refractivity contribution in [3.05, 3.63) is 30.3 Å². The molecule has 3 rings (SSSR count). The summed E-state index contributed by atoms with van der Waals surface area (Å²) in [5.74, 6) is 1.24. The summed E-state index contributed by atoms with van der Waals surface area (Å²) in [4.78, 5) is 2.49. The van der Waals surface area contributed by atoms with Crippen LogP contribution in [0.3, 0.4) is 0 Å². The van der Waals surface area contributed by atoms with Crippen molar-refractivity contribution >= 4 is 5.69 Å². The van der Waals surface area contributed by atoms with Crippen LogP contribution >= 0.6 is 0 Å². The highest BCUT2D eigenvalue weighted by Gasteiger charge is 2.27. The first-order valence-corrected chi connectivity index (χ1v) is 8.51. The predicted octanol–water partition coefficient (Wildman–Crippen LogP) is 2.65. The topological polar surface area (TPSA) is 35.5 Å². The number of aliphatic hydroxyl groups excluding tert-OH is 1. The van der Waals surface area contributed by atoms with Gasteiger partial charge in [0.05, 0.1) is 0 Å². The minimum Gasteiger partial charge on any atom is -0.396 e. The van der Waals surface area contributed by atoms with Crippen LogP contribution in [-0.2, 0) is 0 Å². The van der Waals surface area contributed by atoms with Gasteiger partial charge in [0.25, 0.3) is 0 Å². The van der Waals surface area contributed by atoms with E-state index in [0.717, 1.165) is 19.6 Å². The molecule has 3 heteroatoms. The molecule has 3 nitrogen and oxygen atoms in total. The Kier molecular flexibility index (Phi) is 5.15. The van der Waals surface area contributed by atoms with Gasteiger partial charge in [-0.1, -0.05) is 24.6 Å². The summed E-state index contributed by atoms with van der Waals surface area (Å²) in [6.07, 6.45) is 6.26. The SMILES string of the molecule is OCC1CCCC1CNC1CCN(c2ccccc2)CC1. The van der Waals surface area contributed by atoms with Gasteiger partial charge < -0.3 is 15.3 Å². The molecule has 2 fully saturated rings. The molecular formula is C18H28N2O. The van der Waals surface area contributed by atoms with Crippen LogP contribution in [0.1, 0.15) is 32.1 Å². The van der Waals surface area contributed by atoms with Crippen LogP contribution in [0, 0.1) is 11.8 Å². The summed E-state index contributed by atoms with van der Waals surface area (Å²) in [6.45, 7) is 3.77. The highest BCUT2D eigenvalue weighted by Crippen LogP contribution is 2.31. The quantitative estimate of drug-likeness (QED) is 0.874. The minimum absolute atomic E-state index is 0.374. The molecule has 0 spiro atoms. The molecule has 1 aromatic carbocycles. The Balaban J connectivity index is 1.42. The number of anilines is 1. The van der Waals surface area contributed by atoms with Gasteiger partial charge in [0.1, 0.15) is 0 Å². The molecule has 2 N–H and O–H groups in total. The largest absolute Gasteiger partial charge is 0.396 e. The number of hydrogen-bond acceptors (Lipinski definition) is 3. The van der Waals surface area contributed by atoms with E-state index in [1.165, 1.54) is 37.8 Å². The second-order valence-electron chi connectivity index (χ2n) is 6.64. The van der Waals surface area contributed by atoms with Crippen molar-refractivity contribution in [3.8, 4) is 0 Å². The molecule has 21 heavy (non-hydrogen) atoms. The molecule has 2 unspecified atom stereocenters. The van der Waals surface area contributed by atoms with Crippen molar-refractivity contribution in [3.63, 3.8) is 0 Å². The fourth-order valence-corrected chi connectivity index (χ4v) is 3.92. The van der Waals surface area contributed by atoms with Crippen molar-refractivity contribution < 1.29 is 5.11 Å². The first-order chi connectivity index (χ1) is 10.4. The van der Waals surface area contributed by atoms with Gasteiger partial charge in [0.15, 0.2) is 0 Å². The molecular weight excluding hydrogens is 260 g/mol. The fourth-order valence-electron chi connectivity index (χ4n) is 3.92. The molecule has 2 atom stereocenters. The Morgan fingerprint density at radius 1 is 1.00 bits per heavy atom. The number of hydrogen-bond donors (Lipinski definition) is 2. The van der Waals surface area contributed by atoms with Gasteiger partial charge in [-0.3, -0.25) is 0 Å². The van der Waals surface area contributed by atoms with Gasteiger partial charge in [-0.25, -0.2) is 0 Å². The summed E-state index contributed by atoms with van der Waals surface area (Å²) >= 11 is 0. The summed E-state index contributed by atoms with van der Waals surface area (Å²) < 4.78 is 0. The zero-order valence-corrected chi connectivity index (χ0v) is 12.9. The van der Waals surface area contributed by atoms with Crippen LogP contribution in [0.25, 0.3) is 0 Å². The van der Waals surface area contributed by atoms with Gasteiger partial charge in [-0.15, -0.1) is 0 Å². The van der Waals surface area contributed by atoms with Crippen molar-refractivity contribution in [1.82, 2.24) is 5.32 Å². The average molecular weight is 288 g/mol. The Morgan fingerprint density at radius 2 is 1.71 bits per heavy atom. The lowest BCUT2D eigenvalue weighted by atomic mass is 9.95. The molecule has 1 aliphatic carbocycles. The van der Waals surface area contributed by atoms with E-state index in [1.54, 1.807) is 0 Å². The van der Waals surface area contributed by atoms with Gasteiger partial charge >= 0.3 is 0 Å². The van der Waals surface area contributed by atoms with E-state index in [2.05, 4.69) is 40.5 Å². The van der Waals surface area contributed by atoms with Crippen molar-refractivity contribution in [2.45, 2.75) is 38.1 Å². The Labute approximate surface area is 128 Å². The third-order valence-corrected chi connectivity index (χ3v) is 5.34. The maximum Gasteiger partial charge on any atom is 0.0462 e. The molecule has 1 saturated heterocycles. The molecule has 0 radical (unpaired) electrons. The highest BCUT2D eigenvalue weighted by atomic mass is 16.3. The average Bonchev–Trinajstić information content (AvgIpc) is 3.02. The van der Waals surface area contributed by atoms with E-state index >= 15 is 0 Å². The van der Waals surface area contributed by atoms with E-state index < -0.39 is 0 Å². The van der Waals surface area contributed by atoms with Crippen LogP contribution in [0.4, 0.5) is 5.69 Å². The third kappa shape index (κ3) is 3.78. The highest BCUT2D eigenvalue weighted by molar-refractivity contribution is 5.46. The van der Waals surface area contributed by atoms with E-state index in [1.807, 2.05) is 0 Å². The molecule has 0 aromatic heterocycles. The van der Waals surface area contributed by atoms with Gasteiger partial charge in [-0.2, -0.15) is 0 Å². The Morgan fingerprint density at radius 3 is 2.43 bits per heavy atom. The van der Waals surface area contributed by atoms with E-state index in [0.29, 0.717) is 24.5 Å². The van der Waals surface area contributed by atoms with Crippen LogP contribution in [-0.4, -0.2) is 37.4 Å². The smallest absolute Gasteiger partial charge is 0.0462 e. The standard InChI is InChI=1S/C18H28N2O/c21-14-16-6-4-5-15(16)13-19-17-9-11-20(12-10-17)18-7-2-1-3-8-18/h1-3,7-8,15-17,19,21H,4-6,9-14H2. The van der Waals surface area contributed by atoms with E-state index in [4.69, 9.17) is 0 Å². The predicted molar refractivity (Wildman–Crippen MR) is 87.6 cm³/mol. The van der Waals surface area contributed by atoms with Crippen LogP contribution in [0.5, 0.6) is 0 Å². The van der Waals surface area contributed by atoms with Crippen molar-refractivity contribution in [2.24, 2.45) is 11.8 Å². The molecule has 1 aliphatic heterocycles. The van der Waals surface area contributed by atoms with E-state index in [9.17, 15) is 5.11 Å². The molecule has 1 saturated carbocycles. The lowest BCUT2D eigenvalue weighted by Gasteiger charge is -2.34. The number of para-hydroxylation sites is 1. The van der Waals surface area contributed by atoms with Crippen LogP contribution in [0.2, 0.25) is 0 Å². The Bertz CT molecular complexity index is 414. The number of rotatable bonds is 5. The third-order valence-electron chi connectivity index (χ3n) is 5.34. The molecule has 116 valence electrons. The first kappa shape index (κ1) is 14.9. The summed E-state index contributed by atoms with van der Waals surface area (Å²) in [7, 11) is 0. The molecule has 0 bridgehead atoms. The second kappa shape index (κ2) is 7.28. The maximum atomic E-state index is 9.40. The van der Waals surface area contributed by atoms with Gasteiger partial charge in [-0.05, 0) is 56.2 Å². The summed E-state index contributed by atoms with van der Waals surface area (Å²) in [5.41, 5.74) is 1.35. The minimum atomic E-state index is 0.374. The van der Waals surface area contributed by atoms with Crippen molar-refractivity contribution in [2.75, 3.05) is 31.1 Å². The summed E-state index contributed by atoms with van der Waals surface area (Å²) in [6, 6.07) is 11.4. The lowest BCUT2D eigenvalue weighted by molar-refractivity contribution is 0.189. The first-order valence-electron chi connectivity index (χ1n) is 8.51. The zero-order chi connectivity index (χ0) is 14.5. The maximum absolute atomic E-state index is 9.40. The molecule has 0 amide bonds. The monoisotopic (exact) mass is 288 g/mol. The van der Waals surface area contributed by atoms with Crippen LogP contribution < -0.4 is 10.2 Å². The van der Waals surface area contributed by atoms with Crippen molar-refractivity contribution in [1.29, 1.82) is 0 Å². The molecule has 1 aromatic rings. The van der Waals surface area contributed by atoms with Gasteiger partial charge in [0, 0.05) is 31.4 Å². The normalized spacial score (nSPS) is 27.2. The lowest BCUT2D eigenvalue weighted by Crippen LogP contribution is -2.44. The zero-order valence-electron chi connectivity index (χ0n) is 12.9. The number of nitrogens with zero attached hydrogens (tertiary/aromatic N) is 1. The number of benzene rings is 1. The van der Waals surface area contributed by atoms with E-state index in [-0.39, 0.29) is 0 Å². The van der Waals surface area contributed by atoms with Gasteiger partial charge in [0.2, 0.25) is 0 Å². The number of piperidine rings is 1. The fraction of sp³-hybridized carbons (Fsp3) is 0.667. The number of aliphatic hydroxyl groups is 1.